The van der Waals surface area contributed by atoms with E-state index in [0.29, 0.717) is 5.56 Å². The fourth-order valence-electron chi connectivity index (χ4n) is 1.49. The molecule has 0 aliphatic rings. The Bertz CT molecular complexity index is 580. The Balaban J connectivity index is 2.22. The molecule has 8 heteroatoms. The molecule has 0 amide bonds. The van der Waals surface area contributed by atoms with Crippen molar-refractivity contribution in [1.82, 2.24) is 14.8 Å². The van der Waals surface area contributed by atoms with Crippen molar-refractivity contribution in [1.29, 1.82) is 0 Å². The first-order valence-corrected chi connectivity index (χ1v) is 5.71. The van der Waals surface area contributed by atoms with E-state index in [1.54, 1.807) is 24.1 Å². The fraction of sp³-hybridized carbons (Fsp3) is 0.273. The predicted octanol–water partition coefficient (Wildman–Crippen LogP) is 3.04. The number of aromatic nitrogens is 3. The van der Waals surface area contributed by atoms with Crippen molar-refractivity contribution in [2.75, 3.05) is 12.4 Å². The molecule has 4 nitrogen and oxygen atoms in total. The summed E-state index contributed by atoms with van der Waals surface area (Å²) in [7, 11) is 1.74. The van der Waals surface area contributed by atoms with Crippen molar-refractivity contribution in [3.8, 4) is 0 Å². The third-order valence-electron chi connectivity index (χ3n) is 2.47. The Hall–Kier alpha value is -1.76. The second-order valence-electron chi connectivity index (χ2n) is 3.82. The number of hydrogen-bond donors (Lipinski definition) is 1. The summed E-state index contributed by atoms with van der Waals surface area (Å²) in [6.45, 7) is 0.256. The van der Waals surface area contributed by atoms with Gasteiger partial charge in [0.25, 0.3) is 0 Å². The van der Waals surface area contributed by atoms with E-state index in [-0.39, 0.29) is 11.7 Å². The molecule has 0 aliphatic heterocycles. The van der Waals surface area contributed by atoms with Crippen LogP contribution in [0.2, 0.25) is 5.15 Å². The van der Waals surface area contributed by atoms with E-state index in [1.807, 2.05) is 0 Å². The topological polar surface area (TPSA) is 42.7 Å². The van der Waals surface area contributed by atoms with E-state index in [9.17, 15) is 13.2 Å². The lowest BCUT2D eigenvalue weighted by Gasteiger charge is -2.08. The Labute approximate surface area is 112 Å². The highest BCUT2D eigenvalue weighted by atomic mass is 35.5. The van der Waals surface area contributed by atoms with Crippen molar-refractivity contribution in [2.24, 2.45) is 0 Å². The van der Waals surface area contributed by atoms with Gasteiger partial charge in [0.1, 0.15) is 10.8 Å². The summed E-state index contributed by atoms with van der Waals surface area (Å²) in [4.78, 5) is 3.35. The molecule has 0 bridgehead atoms. The van der Waals surface area contributed by atoms with Crippen LogP contribution in [0.3, 0.4) is 0 Å². The minimum Gasteiger partial charge on any atom is -0.386 e. The van der Waals surface area contributed by atoms with Gasteiger partial charge in [-0.25, -0.2) is 4.98 Å². The SMILES string of the molecule is CNc1cnn(Cc2ccc(C(F)(F)F)nc2Cl)c1. The molecule has 0 saturated heterocycles. The third kappa shape index (κ3) is 3.17. The molecule has 0 atom stereocenters. The predicted molar refractivity (Wildman–Crippen MR) is 65.1 cm³/mol. The standard InChI is InChI=1S/C11H10ClF3N4/c1-16-8-4-17-19(6-8)5-7-2-3-9(11(13,14)15)18-10(7)12/h2-4,6,16H,5H2,1H3. The number of hydrogen-bond acceptors (Lipinski definition) is 3. The number of alkyl halides is 3. The van der Waals surface area contributed by atoms with Gasteiger partial charge in [0.15, 0.2) is 0 Å². The maximum Gasteiger partial charge on any atom is 0.433 e. The fourth-order valence-corrected chi connectivity index (χ4v) is 1.71. The maximum absolute atomic E-state index is 12.4. The average Bonchev–Trinajstić information content (AvgIpc) is 2.78. The lowest BCUT2D eigenvalue weighted by atomic mass is 10.2. The second kappa shape index (κ2) is 5.08. The summed E-state index contributed by atoms with van der Waals surface area (Å²) < 4.78 is 38.8. The zero-order chi connectivity index (χ0) is 14.0. The molecule has 1 N–H and O–H groups in total. The Morgan fingerprint density at radius 3 is 2.63 bits per heavy atom. The number of pyridine rings is 1. The Morgan fingerprint density at radius 1 is 1.37 bits per heavy atom. The number of nitrogens with zero attached hydrogens (tertiary/aromatic N) is 3. The van der Waals surface area contributed by atoms with Gasteiger partial charge in [-0.2, -0.15) is 18.3 Å². The molecule has 2 rings (SSSR count). The van der Waals surface area contributed by atoms with Crippen LogP contribution in [0.15, 0.2) is 24.5 Å². The summed E-state index contributed by atoms with van der Waals surface area (Å²) in [6.07, 6.45) is -1.17. The molecule has 0 unspecified atom stereocenters. The van der Waals surface area contributed by atoms with E-state index >= 15 is 0 Å². The summed E-state index contributed by atoms with van der Waals surface area (Å²) in [5.74, 6) is 0. The summed E-state index contributed by atoms with van der Waals surface area (Å²) >= 11 is 5.76. The van der Waals surface area contributed by atoms with Gasteiger partial charge in [-0.1, -0.05) is 17.7 Å². The lowest BCUT2D eigenvalue weighted by molar-refractivity contribution is -0.141. The molecule has 0 aliphatic carbocycles. The van der Waals surface area contributed by atoms with E-state index in [2.05, 4.69) is 15.4 Å². The minimum absolute atomic E-state index is 0.170. The van der Waals surface area contributed by atoms with Crippen LogP contribution in [0, 0.1) is 0 Å². The minimum atomic E-state index is -4.49. The Kier molecular flexibility index (Phi) is 3.66. The van der Waals surface area contributed by atoms with Crippen LogP contribution in [0.1, 0.15) is 11.3 Å². The summed E-state index contributed by atoms with van der Waals surface area (Å²) in [6, 6.07) is 2.21. The number of halogens is 4. The summed E-state index contributed by atoms with van der Waals surface area (Å²) in [5.41, 5.74) is 0.272. The summed E-state index contributed by atoms with van der Waals surface area (Å²) in [5, 5.41) is 6.77. The second-order valence-corrected chi connectivity index (χ2v) is 4.18. The zero-order valence-electron chi connectivity index (χ0n) is 9.87. The molecule has 0 radical (unpaired) electrons. The van der Waals surface area contributed by atoms with Crippen LogP contribution < -0.4 is 5.32 Å². The first-order chi connectivity index (χ1) is 8.90. The molecule has 2 heterocycles. The van der Waals surface area contributed by atoms with Gasteiger partial charge in [-0.15, -0.1) is 0 Å². The first-order valence-electron chi connectivity index (χ1n) is 5.33. The molecular formula is C11H10ClF3N4. The van der Waals surface area contributed by atoms with Crippen LogP contribution >= 0.6 is 11.6 Å². The normalized spacial score (nSPS) is 11.6. The van der Waals surface area contributed by atoms with Crippen molar-refractivity contribution >= 4 is 17.3 Å². The van der Waals surface area contributed by atoms with Gasteiger partial charge in [0.2, 0.25) is 0 Å². The van der Waals surface area contributed by atoms with E-state index in [4.69, 9.17) is 11.6 Å². The zero-order valence-corrected chi connectivity index (χ0v) is 10.6. The van der Waals surface area contributed by atoms with Crippen LogP contribution in [-0.4, -0.2) is 21.8 Å². The van der Waals surface area contributed by atoms with Crippen LogP contribution in [0.5, 0.6) is 0 Å². The largest absolute Gasteiger partial charge is 0.433 e. The van der Waals surface area contributed by atoms with E-state index in [1.165, 1.54) is 6.07 Å². The molecule has 0 aromatic carbocycles. The van der Waals surface area contributed by atoms with Gasteiger partial charge in [0, 0.05) is 18.8 Å². The van der Waals surface area contributed by atoms with Gasteiger partial charge in [-0.3, -0.25) is 4.68 Å². The van der Waals surface area contributed by atoms with Crippen molar-refractivity contribution in [3.05, 3.63) is 40.9 Å². The smallest absolute Gasteiger partial charge is 0.386 e. The van der Waals surface area contributed by atoms with Crippen molar-refractivity contribution in [2.45, 2.75) is 12.7 Å². The van der Waals surface area contributed by atoms with Crippen LogP contribution in [0.4, 0.5) is 18.9 Å². The van der Waals surface area contributed by atoms with Gasteiger partial charge in [-0.05, 0) is 6.07 Å². The monoisotopic (exact) mass is 290 g/mol. The molecule has 2 aromatic heterocycles. The quantitative estimate of drug-likeness (QED) is 0.884. The van der Waals surface area contributed by atoms with Crippen molar-refractivity contribution < 1.29 is 13.2 Å². The highest BCUT2D eigenvalue weighted by Gasteiger charge is 2.32. The average molecular weight is 291 g/mol. The van der Waals surface area contributed by atoms with E-state index in [0.717, 1.165) is 11.8 Å². The lowest BCUT2D eigenvalue weighted by Crippen LogP contribution is -2.09. The van der Waals surface area contributed by atoms with Crippen LogP contribution in [0.25, 0.3) is 0 Å². The molecule has 2 aromatic rings. The number of rotatable bonds is 3. The maximum atomic E-state index is 12.4. The molecule has 102 valence electrons. The highest BCUT2D eigenvalue weighted by Crippen LogP contribution is 2.29. The molecule has 19 heavy (non-hydrogen) atoms. The number of nitrogens with one attached hydrogen (secondary N) is 1. The van der Waals surface area contributed by atoms with Crippen molar-refractivity contribution in [3.63, 3.8) is 0 Å². The molecule has 0 fully saturated rings. The molecular weight excluding hydrogens is 281 g/mol. The van der Waals surface area contributed by atoms with E-state index < -0.39 is 11.9 Å². The molecule has 0 spiro atoms. The Morgan fingerprint density at radius 2 is 2.11 bits per heavy atom. The van der Waals surface area contributed by atoms with Gasteiger partial charge in [0.05, 0.1) is 18.4 Å². The highest BCUT2D eigenvalue weighted by molar-refractivity contribution is 6.30. The number of anilines is 1. The molecule has 0 saturated carbocycles. The first kappa shape index (κ1) is 13.7. The third-order valence-corrected chi connectivity index (χ3v) is 2.80. The van der Waals surface area contributed by atoms with Gasteiger partial charge >= 0.3 is 6.18 Å². The van der Waals surface area contributed by atoms with Gasteiger partial charge < -0.3 is 5.32 Å². The van der Waals surface area contributed by atoms with Crippen LogP contribution in [-0.2, 0) is 12.7 Å².